The lowest BCUT2D eigenvalue weighted by Crippen LogP contribution is -2.39. The lowest BCUT2D eigenvalue weighted by atomic mass is 9.94. The molecule has 29 heavy (non-hydrogen) atoms. The van der Waals surface area contributed by atoms with Gasteiger partial charge in [-0.2, -0.15) is 0 Å². The number of hydrogen-bond donors (Lipinski definition) is 2. The lowest BCUT2D eigenvalue weighted by molar-refractivity contribution is -0.114. The van der Waals surface area contributed by atoms with Gasteiger partial charge in [0.15, 0.2) is 0 Å². The molecule has 1 amide bonds. The molecule has 1 fully saturated rings. The van der Waals surface area contributed by atoms with Crippen LogP contribution in [0.25, 0.3) is 0 Å². The van der Waals surface area contributed by atoms with E-state index in [9.17, 15) is 13.2 Å². The first kappa shape index (κ1) is 21.2. The second-order valence-electron chi connectivity index (χ2n) is 7.35. The number of rotatable bonds is 6. The molecule has 1 aliphatic rings. The first-order valence-corrected chi connectivity index (χ1v) is 11.1. The summed E-state index contributed by atoms with van der Waals surface area (Å²) in [6, 6.07) is 8.25. The number of aromatic nitrogens is 2. The maximum Gasteiger partial charge on any atom is 0.317 e. The largest absolute Gasteiger partial charge is 0.460 e. The Balaban J connectivity index is 1.54. The third-order valence-electron chi connectivity index (χ3n) is 4.71. The summed E-state index contributed by atoms with van der Waals surface area (Å²) in [5.74, 6) is -0.205. The molecule has 9 heteroatoms. The van der Waals surface area contributed by atoms with Gasteiger partial charge in [0, 0.05) is 30.0 Å². The van der Waals surface area contributed by atoms with Crippen molar-refractivity contribution in [3.63, 3.8) is 0 Å². The molecule has 1 aliphatic carbocycles. The third kappa shape index (κ3) is 5.98. The van der Waals surface area contributed by atoms with Crippen LogP contribution in [0.4, 0.5) is 5.69 Å². The zero-order valence-electron chi connectivity index (χ0n) is 16.8. The Hall–Kier alpha value is -2.52. The highest BCUT2D eigenvalue weighted by molar-refractivity contribution is 7.89. The quantitative estimate of drug-likeness (QED) is 0.746. The molecule has 1 aromatic heterocycles. The van der Waals surface area contributed by atoms with Gasteiger partial charge in [-0.25, -0.2) is 23.1 Å². The molecular formula is C20H26N4O4S. The number of hydrogen-bond acceptors (Lipinski definition) is 6. The van der Waals surface area contributed by atoms with E-state index >= 15 is 0 Å². The van der Waals surface area contributed by atoms with Crippen LogP contribution in [0.15, 0.2) is 35.2 Å². The highest BCUT2D eigenvalue weighted by atomic mass is 32.2. The first-order chi connectivity index (χ1) is 13.7. The SMILES string of the molecule is CC(=O)Nc1ccc(S(=O)(=O)NC2CCC(Oc3nc(C)cc(C)n3)CC2)cc1. The molecule has 0 unspecified atom stereocenters. The summed E-state index contributed by atoms with van der Waals surface area (Å²) in [4.78, 5) is 19.8. The summed E-state index contributed by atoms with van der Waals surface area (Å²) >= 11 is 0. The van der Waals surface area contributed by atoms with Crippen LogP contribution in [0, 0.1) is 13.8 Å². The molecule has 2 aromatic rings. The van der Waals surface area contributed by atoms with Crippen LogP contribution in [-0.2, 0) is 14.8 Å². The normalized spacial score (nSPS) is 19.6. The van der Waals surface area contributed by atoms with Gasteiger partial charge in [-0.05, 0) is 69.9 Å². The maximum atomic E-state index is 12.6. The van der Waals surface area contributed by atoms with E-state index in [4.69, 9.17) is 4.74 Å². The fraction of sp³-hybridized carbons (Fsp3) is 0.450. The van der Waals surface area contributed by atoms with Crippen molar-refractivity contribution in [1.82, 2.24) is 14.7 Å². The van der Waals surface area contributed by atoms with Gasteiger partial charge in [0.1, 0.15) is 6.10 Å². The average Bonchev–Trinajstić information content (AvgIpc) is 2.62. The number of carbonyl (C=O) groups is 1. The summed E-state index contributed by atoms with van der Waals surface area (Å²) in [6.45, 7) is 5.20. The number of benzene rings is 1. The number of nitrogens with one attached hydrogen (secondary N) is 2. The van der Waals surface area contributed by atoms with Crippen molar-refractivity contribution in [2.45, 2.75) is 63.5 Å². The fourth-order valence-electron chi connectivity index (χ4n) is 3.40. The maximum absolute atomic E-state index is 12.6. The Morgan fingerprint density at radius 2 is 1.62 bits per heavy atom. The molecular weight excluding hydrogens is 392 g/mol. The molecule has 8 nitrogen and oxygen atoms in total. The van der Waals surface area contributed by atoms with Crippen molar-refractivity contribution in [1.29, 1.82) is 0 Å². The van der Waals surface area contributed by atoms with Gasteiger partial charge in [-0.15, -0.1) is 0 Å². The smallest absolute Gasteiger partial charge is 0.317 e. The molecule has 2 N–H and O–H groups in total. The Morgan fingerprint density at radius 1 is 1.03 bits per heavy atom. The minimum Gasteiger partial charge on any atom is -0.460 e. The topological polar surface area (TPSA) is 110 Å². The molecule has 0 radical (unpaired) electrons. The van der Waals surface area contributed by atoms with Crippen LogP contribution in [0.2, 0.25) is 0 Å². The third-order valence-corrected chi connectivity index (χ3v) is 6.25. The minimum atomic E-state index is -3.62. The van der Waals surface area contributed by atoms with Crippen LogP contribution in [0.3, 0.4) is 0 Å². The zero-order valence-corrected chi connectivity index (χ0v) is 17.6. The molecule has 0 atom stereocenters. The Morgan fingerprint density at radius 3 is 2.17 bits per heavy atom. The predicted octanol–water partition coefficient (Wildman–Crippen LogP) is 2.72. The van der Waals surface area contributed by atoms with Gasteiger partial charge in [0.25, 0.3) is 0 Å². The van der Waals surface area contributed by atoms with Crippen LogP contribution in [0.1, 0.15) is 44.0 Å². The molecule has 0 aliphatic heterocycles. The van der Waals surface area contributed by atoms with E-state index in [0.29, 0.717) is 24.5 Å². The summed E-state index contributed by atoms with van der Waals surface area (Å²) in [5, 5.41) is 2.62. The first-order valence-electron chi connectivity index (χ1n) is 9.60. The molecule has 1 heterocycles. The van der Waals surface area contributed by atoms with Crippen LogP contribution in [0.5, 0.6) is 6.01 Å². The number of sulfonamides is 1. The summed E-state index contributed by atoms with van der Waals surface area (Å²) < 4.78 is 33.9. The number of aryl methyl sites for hydroxylation is 2. The van der Waals surface area contributed by atoms with E-state index in [1.54, 1.807) is 12.1 Å². The number of amides is 1. The molecule has 0 bridgehead atoms. The highest BCUT2D eigenvalue weighted by Crippen LogP contribution is 2.24. The van der Waals surface area contributed by atoms with Crippen molar-refractivity contribution in [2.75, 3.05) is 5.32 Å². The van der Waals surface area contributed by atoms with Crippen molar-refractivity contribution in [3.05, 3.63) is 41.7 Å². The Bertz CT molecular complexity index is 948. The van der Waals surface area contributed by atoms with E-state index in [0.717, 1.165) is 24.2 Å². The zero-order chi connectivity index (χ0) is 21.0. The van der Waals surface area contributed by atoms with Crippen molar-refractivity contribution >= 4 is 21.6 Å². The summed E-state index contributed by atoms with van der Waals surface area (Å²) in [7, 11) is -3.62. The van der Waals surface area contributed by atoms with Gasteiger partial charge in [0.2, 0.25) is 15.9 Å². The van der Waals surface area contributed by atoms with Gasteiger partial charge in [-0.1, -0.05) is 0 Å². The molecule has 1 saturated carbocycles. The fourth-order valence-corrected chi connectivity index (χ4v) is 4.71. The monoisotopic (exact) mass is 418 g/mol. The average molecular weight is 419 g/mol. The van der Waals surface area contributed by atoms with E-state index < -0.39 is 10.0 Å². The second kappa shape index (κ2) is 8.87. The van der Waals surface area contributed by atoms with Gasteiger partial charge in [-0.3, -0.25) is 4.79 Å². The van der Waals surface area contributed by atoms with Crippen molar-refractivity contribution in [2.24, 2.45) is 0 Å². The highest BCUT2D eigenvalue weighted by Gasteiger charge is 2.27. The molecule has 1 aromatic carbocycles. The van der Waals surface area contributed by atoms with E-state index in [1.165, 1.54) is 19.1 Å². The van der Waals surface area contributed by atoms with Crippen LogP contribution < -0.4 is 14.8 Å². The lowest BCUT2D eigenvalue weighted by Gasteiger charge is -2.28. The molecule has 156 valence electrons. The Kier molecular flexibility index (Phi) is 6.49. The van der Waals surface area contributed by atoms with Crippen LogP contribution in [-0.4, -0.2) is 36.4 Å². The number of nitrogens with zero attached hydrogens (tertiary/aromatic N) is 2. The standard InChI is InChI=1S/C20H26N4O4S/c1-13-12-14(2)22-20(21-13)28-18-8-4-17(5-9-18)24-29(26,27)19-10-6-16(7-11-19)23-15(3)25/h6-7,10-12,17-18,24H,4-5,8-9H2,1-3H3,(H,23,25). The summed E-state index contributed by atoms with van der Waals surface area (Å²) in [6.07, 6.45) is 2.79. The van der Waals surface area contributed by atoms with E-state index in [-0.39, 0.29) is 22.9 Å². The molecule has 0 saturated heterocycles. The van der Waals surface area contributed by atoms with Gasteiger partial charge < -0.3 is 10.1 Å². The number of carbonyl (C=O) groups excluding carboxylic acids is 1. The van der Waals surface area contributed by atoms with Crippen molar-refractivity contribution in [3.8, 4) is 6.01 Å². The van der Waals surface area contributed by atoms with Gasteiger partial charge >= 0.3 is 6.01 Å². The molecule has 3 rings (SSSR count). The molecule has 0 spiro atoms. The Labute approximate surface area is 171 Å². The van der Waals surface area contributed by atoms with Crippen LogP contribution >= 0.6 is 0 Å². The number of anilines is 1. The van der Waals surface area contributed by atoms with Gasteiger partial charge in [0.05, 0.1) is 4.90 Å². The number of ether oxygens (including phenoxy) is 1. The second-order valence-corrected chi connectivity index (χ2v) is 9.07. The summed E-state index contributed by atoms with van der Waals surface area (Å²) in [5.41, 5.74) is 2.28. The van der Waals surface area contributed by atoms with E-state index in [1.807, 2.05) is 19.9 Å². The van der Waals surface area contributed by atoms with E-state index in [2.05, 4.69) is 20.0 Å². The predicted molar refractivity (Wildman–Crippen MR) is 109 cm³/mol. The minimum absolute atomic E-state index is 0.0195. The van der Waals surface area contributed by atoms with Crippen molar-refractivity contribution < 1.29 is 17.9 Å².